The maximum Gasteiger partial charge on any atom is 0.240 e. The third-order valence-electron chi connectivity index (χ3n) is 3.63. The molecule has 1 fully saturated rings. The molecule has 116 valence electrons. The van der Waals surface area contributed by atoms with Crippen LogP contribution >= 0.6 is 15.9 Å². The lowest BCUT2D eigenvalue weighted by molar-refractivity contribution is -0.119. The Morgan fingerprint density at radius 2 is 2.29 bits per heavy atom. The van der Waals surface area contributed by atoms with Crippen molar-refractivity contribution in [2.45, 2.75) is 25.1 Å². The highest BCUT2D eigenvalue weighted by atomic mass is 79.9. The van der Waals surface area contributed by atoms with E-state index in [-0.39, 0.29) is 19.5 Å². The molecule has 7 heteroatoms. The monoisotopic (exact) mass is 358 g/mol. The summed E-state index contributed by atoms with van der Waals surface area (Å²) in [5.74, 6) is 0.0842. The third kappa shape index (κ3) is 3.52. The Hall–Kier alpha value is -1.21. The molecule has 1 aliphatic heterocycles. The quantitative estimate of drug-likeness (QED) is 0.828. The average molecular weight is 359 g/mol. The number of alkyl halides is 1. The fraction of sp³-hybridized carbons (Fsp3) is 0.571. The molecule has 0 radical (unpaired) electrons. The largest absolute Gasteiger partial charge is 0.368 e. The minimum absolute atomic E-state index is 0.0914. The Labute approximate surface area is 132 Å². The predicted molar refractivity (Wildman–Crippen MR) is 84.0 cm³/mol. The first-order valence-corrected chi connectivity index (χ1v) is 7.54. The van der Waals surface area contributed by atoms with Crippen molar-refractivity contribution in [2.24, 2.45) is 5.73 Å². The van der Waals surface area contributed by atoms with Crippen molar-refractivity contribution in [1.82, 2.24) is 9.88 Å². The summed E-state index contributed by atoms with van der Waals surface area (Å²) in [5, 5.41) is 0. The van der Waals surface area contributed by atoms with E-state index in [4.69, 9.17) is 5.73 Å². The van der Waals surface area contributed by atoms with Gasteiger partial charge in [0.2, 0.25) is 5.91 Å². The highest BCUT2D eigenvalue weighted by Gasteiger charge is 2.48. The van der Waals surface area contributed by atoms with E-state index in [2.05, 4.69) is 20.9 Å². The number of aromatic nitrogens is 1. The van der Waals surface area contributed by atoms with Crippen molar-refractivity contribution in [3.05, 3.63) is 22.3 Å². The third-order valence-corrected chi connectivity index (χ3v) is 4.07. The first-order chi connectivity index (χ1) is 9.72. The molecule has 1 aromatic heterocycles. The maximum absolute atomic E-state index is 15.0. The molecular weight excluding hydrogens is 339 g/mol. The van der Waals surface area contributed by atoms with Crippen LogP contribution in [0, 0.1) is 6.92 Å². The second kappa shape index (κ2) is 5.88. The summed E-state index contributed by atoms with van der Waals surface area (Å²) in [4.78, 5) is 19.6. The number of hydrogen-bond acceptors (Lipinski definition) is 4. The predicted octanol–water partition coefficient (Wildman–Crippen LogP) is 1.49. The van der Waals surface area contributed by atoms with Crippen LogP contribution in [-0.2, 0) is 4.79 Å². The molecule has 1 aromatic rings. The Kier molecular flexibility index (Phi) is 4.53. The number of primary amides is 1. The molecule has 0 spiro atoms. The fourth-order valence-corrected chi connectivity index (χ4v) is 3.18. The smallest absolute Gasteiger partial charge is 0.240 e. The summed E-state index contributed by atoms with van der Waals surface area (Å²) < 4.78 is 15.7. The zero-order chi connectivity index (χ0) is 15.8. The van der Waals surface area contributed by atoms with Crippen molar-refractivity contribution in [3.8, 4) is 0 Å². The summed E-state index contributed by atoms with van der Waals surface area (Å²) in [5.41, 5.74) is 4.88. The van der Waals surface area contributed by atoms with Gasteiger partial charge in [0.1, 0.15) is 22.1 Å². The van der Waals surface area contributed by atoms with Crippen molar-refractivity contribution < 1.29 is 9.18 Å². The van der Waals surface area contributed by atoms with E-state index in [0.717, 1.165) is 5.56 Å². The Bertz CT molecular complexity index is 554. The van der Waals surface area contributed by atoms with Gasteiger partial charge in [0.25, 0.3) is 0 Å². The Balaban J connectivity index is 2.36. The highest BCUT2D eigenvalue weighted by molar-refractivity contribution is 9.10. The van der Waals surface area contributed by atoms with Crippen LogP contribution in [-0.4, -0.2) is 54.7 Å². The van der Waals surface area contributed by atoms with Crippen LogP contribution in [0.3, 0.4) is 0 Å². The molecule has 1 amide bonds. The van der Waals surface area contributed by atoms with Gasteiger partial charge in [-0.15, -0.1) is 0 Å². The number of carbonyl (C=O) groups is 1. The van der Waals surface area contributed by atoms with Gasteiger partial charge < -0.3 is 15.5 Å². The number of amides is 1. The van der Waals surface area contributed by atoms with Gasteiger partial charge in [0, 0.05) is 13.0 Å². The van der Waals surface area contributed by atoms with Crippen LogP contribution in [0.5, 0.6) is 0 Å². The second-order valence-corrected chi connectivity index (χ2v) is 6.73. The molecular formula is C14H20BrFN4O. The van der Waals surface area contributed by atoms with Crippen LogP contribution in [0.25, 0.3) is 0 Å². The molecule has 2 atom stereocenters. The normalized spacial score (nSPS) is 25.6. The number of carbonyl (C=O) groups excluding carboxylic acids is 1. The maximum atomic E-state index is 15.0. The van der Waals surface area contributed by atoms with Gasteiger partial charge in [-0.2, -0.15) is 0 Å². The van der Waals surface area contributed by atoms with Crippen LogP contribution in [0.2, 0.25) is 0 Å². The van der Waals surface area contributed by atoms with Gasteiger partial charge >= 0.3 is 0 Å². The molecule has 0 saturated carbocycles. The summed E-state index contributed by atoms with van der Waals surface area (Å²) in [6, 6.07) is 3.03. The number of rotatable bonds is 4. The molecule has 2 heterocycles. The lowest BCUT2D eigenvalue weighted by Crippen LogP contribution is -2.41. The Morgan fingerprint density at radius 3 is 2.86 bits per heavy atom. The number of anilines is 1. The minimum Gasteiger partial charge on any atom is -0.368 e. The first-order valence-electron chi connectivity index (χ1n) is 6.74. The lowest BCUT2D eigenvalue weighted by Gasteiger charge is -2.26. The lowest BCUT2D eigenvalue weighted by atomic mass is 10.0. The molecule has 2 unspecified atom stereocenters. The van der Waals surface area contributed by atoms with E-state index < -0.39 is 17.6 Å². The number of pyridine rings is 1. The zero-order valence-electron chi connectivity index (χ0n) is 12.4. The standard InChI is InChI=1S/C14H20BrFN4O/c1-9-4-5-11(15)18-13(9)20-8-14(16,7-19(2)3)6-10(20)12(17)21/h4-5,10H,6-8H2,1-3H3,(H2,17,21). The summed E-state index contributed by atoms with van der Waals surface area (Å²) in [6.45, 7) is 2.25. The Morgan fingerprint density at radius 1 is 1.62 bits per heavy atom. The van der Waals surface area contributed by atoms with E-state index in [1.54, 1.807) is 9.80 Å². The molecule has 0 bridgehead atoms. The van der Waals surface area contributed by atoms with Crippen LogP contribution < -0.4 is 10.6 Å². The number of halogens is 2. The summed E-state index contributed by atoms with van der Waals surface area (Å²) in [7, 11) is 3.62. The first kappa shape index (κ1) is 16.2. The molecule has 0 aromatic carbocycles. The highest BCUT2D eigenvalue weighted by Crippen LogP contribution is 2.35. The number of nitrogens with zero attached hydrogens (tertiary/aromatic N) is 3. The number of nitrogens with two attached hydrogens (primary N) is 1. The van der Waals surface area contributed by atoms with Gasteiger partial charge in [-0.25, -0.2) is 9.37 Å². The molecule has 1 aliphatic rings. The summed E-state index contributed by atoms with van der Waals surface area (Å²) >= 11 is 3.31. The molecule has 21 heavy (non-hydrogen) atoms. The van der Waals surface area contributed by atoms with E-state index in [1.165, 1.54) is 0 Å². The van der Waals surface area contributed by atoms with Gasteiger partial charge in [0.15, 0.2) is 0 Å². The molecule has 2 N–H and O–H groups in total. The van der Waals surface area contributed by atoms with Crippen molar-refractivity contribution >= 4 is 27.7 Å². The van der Waals surface area contributed by atoms with Crippen molar-refractivity contribution in [2.75, 3.05) is 32.1 Å². The summed E-state index contributed by atoms with van der Waals surface area (Å²) in [6.07, 6.45) is 0.0914. The average Bonchev–Trinajstić information content (AvgIpc) is 2.69. The van der Waals surface area contributed by atoms with E-state index in [0.29, 0.717) is 10.4 Å². The van der Waals surface area contributed by atoms with Crippen molar-refractivity contribution in [3.63, 3.8) is 0 Å². The second-order valence-electron chi connectivity index (χ2n) is 5.91. The van der Waals surface area contributed by atoms with Gasteiger partial charge in [0.05, 0.1) is 6.54 Å². The zero-order valence-corrected chi connectivity index (χ0v) is 14.0. The van der Waals surface area contributed by atoms with Crippen LogP contribution in [0.15, 0.2) is 16.7 Å². The SMILES string of the molecule is Cc1ccc(Br)nc1N1CC(F)(CN(C)C)CC1C(N)=O. The molecule has 5 nitrogen and oxygen atoms in total. The van der Waals surface area contributed by atoms with Gasteiger partial charge in [-0.3, -0.25) is 4.79 Å². The fourth-order valence-electron chi connectivity index (χ4n) is 2.88. The van der Waals surface area contributed by atoms with Crippen molar-refractivity contribution in [1.29, 1.82) is 0 Å². The molecule has 0 aliphatic carbocycles. The molecule has 2 rings (SSSR count). The van der Waals surface area contributed by atoms with E-state index >= 15 is 4.39 Å². The van der Waals surface area contributed by atoms with E-state index in [9.17, 15) is 4.79 Å². The topological polar surface area (TPSA) is 62.5 Å². The molecule has 1 saturated heterocycles. The number of hydrogen-bond donors (Lipinski definition) is 1. The van der Waals surface area contributed by atoms with E-state index in [1.807, 2.05) is 33.2 Å². The minimum atomic E-state index is -1.47. The number of aryl methyl sites for hydroxylation is 1. The van der Waals surface area contributed by atoms with Crippen LogP contribution in [0.4, 0.5) is 10.2 Å². The van der Waals surface area contributed by atoms with Gasteiger partial charge in [-0.05, 0) is 48.6 Å². The van der Waals surface area contributed by atoms with Gasteiger partial charge in [-0.1, -0.05) is 6.07 Å². The van der Waals surface area contributed by atoms with Crippen LogP contribution in [0.1, 0.15) is 12.0 Å².